The molecule has 0 unspecified atom stereocenters. The molecule has 190 valence electrons. The third-order valence-electron chi connectivity index (χ3n) is 4.21. The van der Waals surface area contributed by atoms with Crippen molar-refractivity contribution in [1.82, 2.24) is 9.80 Å². The molecule has 0 aromatic heterocycles. The van der Waals surface area contributed by atoms with E-state index in [0.717, 1.165) is 0 Å². The van der Waals surface area contributed by atoms with Crippen molar-refractivity contribution in [3.63, 3.8) is 0 Å². The molecule has 0 spiro atoms. The highest BCUT2D eigenvalue weighted by atomic mass is 32.2. The zero-order valence-electron chi connectivity index (χ0n) is 17.9. The molecule has 0 aliphatic carbocycles. The Morgan fingerprint density at radius 3 is 2.53 bits per heavy atom. The molecule has 0 saturated carbocycles. The molecule has 2 heterocycles. The van der Waals surface area contributed by atoms with E-state index in [2.05, 4.69) is 11.8 Å². The van der Waals surface area contributed by atoms with Gasteiger partial charge in [0.1, 0.15) is 29.3 Å². The monoisotopic (exact) mass is 464 g/mol. The lowest BCUT2D eigenvalue weighted by molar-refractivity contribution is -0.155. The molecule has 2 amide bonds. The summed E-state index contributed by atoms with van der Waals surface area (Å²) >= 11 is 1.37. The van der Waals surface area contributed by atoms with Crippen LogP contribution >= 0.6 is 11.8 Å². The first-order valence-electron chi connectivity index (χ1n) is 9.30. The first-order chi connectivity index (χ1) is 14.0. The van der Waals surface area contributed by atoms with Crippen LogP contribution < -0.4 is 0 Å². The van der Waals surface area contributed by atoms with E-state index in [-0.39, 0.29) is 37.5 Å². The Hall–Kier alpha value is -2.67. The van der Waals surface area contributed by atoms with Gasteiger partial charge in [-0.2, -0.15) is 0 Å². The Kier molecular flexibility index (Phi) is 7.42. The summed E-state index contributed by atoms with van der Waals surface area (Å²) in [6, 6.07) is -0.779. The number of likely N-dealkylation sites (N-methyl/N-ethyl adjacent to an activating group) is 1. The molecule has 0 aromatic carbocycles. The fourth-order valence-corrected chi connectivity index (χ4v) is 4.30. The van der Waals surface area contributed by atoms with E-state index in [1.165, 1.54) is 35.5 Å². The molecule has 2 aliphatic rings. The number of amides is 2. The summed E-state index contributed by atoms with van der Waals surface area (Å²) in [7, 11) is 1.49. The van der Waals surface area contributed by atoms with Crippen molar-refractivity contribution < 1.29 is 51.9 Å². The standard InChI is InChI=1S/C20H26N2O7S.13H2/c1-7-8-9-27-18(25)14-13(10-28-12(2)23)11-30-17-15(16(24)22(14)17)21(6)19(26)29-20(3,4)5;;;;;;;;;;;;;/h15,17H,9-11H2,1-6H3;13*1H/t15-,17-;;;;;;;;;;;;;/m1............./s1. The van der Waals surface area contributed by atoms with Gasteiger partial charge in [-0.15, -0.1) is 17.7 Å². The number of β-lactam (4-membered cyclic amide) rings is 1. The summed E-state index contributed by atoms with van der Waals surface area (Å²) in [6.07, 6.45) is -0.627. The Balaban J connectivity index is -0.0000000739. The third-order valence-corrected chi connectivity index (χ3v) is 5.54. The van der Waals surface area contributed by atoms with Gasteiger partial charge in [0.05, 0.1) is 0 Å². The number of carbonyl (C=O) groups excluding carboxylic acids is 4. The minimum absolute atomic E-state index is 0. The van der Waals surface area contributed by atoms with Crippen LogP contribution in [0.1, 0.15) is 53.2 Å². The number of nitrogens with zero attached hydrogens (tertiary/aromatic N) is 2. The first kappa shape index (κ1) is 23.6. The van der Waals surface area contributed by atoms with Crippen molar-refractivity contribution in [2.24, 2.45) is 0 Å². The first-order valence-corrected chi connectivity index (χ1v) is 10.4. The Labute approximate surface area is 199 Å². The van der Waals surface area contributed by atoms with Crippen molar-refractivity contribution >= 4 is 35.7 Å². The van der Waals surface area contributed by atoms with Gasteiger partial charge in [0.25, 0.3) is 5.91 Å². The maximum absolute atomic E-state index is 12.9. The maximum atomic E-state index is 12.9. The number of fused-ring (bicyclic) bond motifs is 1. The molecule has 2 aliphatic heterocycles. The summed E-state index contributed by atoms with van der Waals surface area (Å²) in [6.45, 7) is 7.83. The van der Waals surface area contributed by atoms with Crippen molar-refractivity contribution in [2.75, 3.05) is 26.0 Å². The average molecular weight is 465 g/mol. The lowest BCUT2D eigenvalue weighted by atomic mass is 10.0. The molecule has 9 nitrogen and oxygen atoms in total. The Morgan fingerprint density at radius 1 is 1.30 bits per heavy atom. The molecule has 1 saturated heterocycles. The van der Waals surface area contributed by atoms with Gasteiger partial charge in [0.2, 0.25) is 0 Å². The van der Waals surface area contributed by atoms with Crippen LogP contribution in [0.5, 0.6) is 0 Å². The molecule has 10 heteroatoms. The summed E-state index contributed by atoms with van der Waals surface area (Å²) in [5, 5.41) is -0.476. The molecule has 0 aromatic rings. The topological polar surface area (TPSA) is 102 Å². The second-order valence-electron chi connectivity index (χ2n) is 7.68. The number of hydrogen-bond acceptors (Lipinski definition) is 8. The van der Waals surface area contributed by atoms with Gasteiger partial charge in [-0.3, -0.25) is 19.4 Å². The van der Waals surface area contributed by atoms with E-state index in [4.69, 9.17) is 14.2 Å². The summed E-state index contributed by atoms with van der Waals surface area (Å²) in [5.74, 6) is 3.91. The largest absolute Gasteiger partial charge is 0.461 e. The molecule has 2 atom stereocenters. The molecule has 0 radical (unpaired) electrons. The summed E-state index contributed by atoms with van der Waals surface area (Å²) < 4.78 is 15.5. The van der Waals surface area contributed by atoms with E-state index in [1.807, 2.05) is 0 Å². The molecule has 0 bridgehead atoms. The van der Waals surface area contributed by atoms with Gasteiger partial charge in [-0.25, -0.2) is 9.59 Å². The third kappa shape index (κ3) is 5.27. The van der Waals surface area contributed by atoms with Crippen LogP contribution in [0.2, 0.25) is 0 Å². The van der Waals surface area contributed by atoms with Crippen molar-refractivity contribution in [3.05, 3.63) is 11.3 Å². The van der Waals surface area contributed by atoms with Gasteiger partial charge < -0.3 is 14.2 Å². The number of carbonyl (C=O) groups is 4. The van der Waals surface area contributed by atoms with Crippen LogP contribution in [0, 0.1) is 11.8 Å². The van der Waals surface area contributed by atoms with Crippen LogP contribution in [0.15, 0.2) is 11.3 Å². The quantitative estimate of drug-likeness (QED) is 0.249. The zero-order chi connectivity index (χ0) is 22.6. The minimum atomic E-state index is -0.779. The van der Waals surface area contributed by atoms with E-state index >= 15 is 0 Å². The van der Waals surface area contributed by atoms with Crippen molar-refractivity contribution in [1.29, 1.82) is 0 Å². The van der Waals surface area contributed by atoms with Gasteiger partial charge >= 0.3 is 18.0 Å². The van der Waals surface area contributed by atoms with Gasteiger partial charge in [0, 0.05) is 43.8 Å². The van der Waals surface area contributed by atoms with Crippen LogP contribution in [0.3, 0.4) is 0 Å². The van der Waals surface area contributed by atoms with Crippen LogP contribution in [0.4, 0.5) is 4.79 Å². The average Bonchev–Trinajstić information content (AvgIpc) is 2.64. The molecular weight excluding hydrogens is 412 g/mol. The Morgan fingerprint density at radius 2 is 1.97 bits per heavy atom. The number of hydrogen-bond donors (Lipinski definition) is 0. The number of esters is 2. The van der Waals surface area contributed by atoms with Gasteiger partial charge in [0.15, 0.2) is 6.61 Å². The second-order valence-corrected chi connectivity index (χ2v) is 8.79. The number of ether oxygens (including phenoxy) is 3. The fourth-order valence-electron chi connectivity index (χ4n) is 2.86. The van der Waals surface area contributed by atoms with Crippen LogP contribution in [-0.4, -0.2) is 76.8 Å². The predicted molar refractivity (Wildman–Crippen MR) is 136 cm³/mol. The van der Waals surface area contributed by atoms with E-state index in [9.17, 15) is 19.2 Å². The molecule has 2 rings (SSSR count). The van der Waals surface area contributed by atoms with E-state index < -0.39 is 41.0 Å². The molecule has 0 N–H and O–H groups in total. The van der Waals surface area contributed by atoms with Crippen molar-refractivity contribution in [3.8, 4) is 11.8 Å². The SMILES string of the molecule is CC#CCOC(=O)C1=C(COC(C)=O)CS[C@@H]2[C@H](N(C)C(=O)OC(C)(C)C)C(=O)N12.[HH].[HH].[HH].[HH].[HH].[HH].[HH].[HH].[HH].[HH].[HH].[HH].[HH]. The van der Waals surface area contributed by atoms with E-state index in [1.54, 1.807) is 27.7 Å². The molecular formula is C20H52N2O7S. The lowest BCUT2D eigenvalue weighted by Crippen LogP contribution is -2.71. The Bertz CT molecular complexity index is 872. The second kappa shape index (κ2) is 9.43. The predicted octanol–water partition coefficient (Wildman–Crippen LogP) is 4.72. The summed E-state index contributed by atoms with van der Waals surface area (Å²) in [4.78, 5) is 51.7. The lowest BCUT2D eigenvalue weighted by Gasteiger charge is -2.52. The summed E-state index contributed by atoms with van der Waals surface area (Å²) in [5.41, 5.74) is -0.200. The minimum Gasteiger partial charge on any atom is -0.461 e. The van der Waals surface area contributed by atoms with Crippen molar-refractivity contribution in [2.45, 2.75) is 51.6 Å². The van der Waals surface area contributed by atoms with E-state index in [0.29, 0.717) is 11.3 Å². The number of thioether (sulfide) groups is 1. The maximum Gasteiger partial charge on any atom is 0.410 e. The van der Waals surface area contributed by atoms with Gasteiger partial charge in [-0.1, -0.05) is 5.92 Å². The smallest absolute Gasteiger partial charge is 0.410 e. The molecule has 30 heavy (non-hydrogen) atoms. The molecule has 1 fully saturated rings. The highest BCUT2D eigenvalue weighted by Crippen LogP contribution is 2.42. The zero-order valence-corrected chi connectivity index (χ0v) is 18.8. The normalized spacial score (nSPS) is 20.3. The van der Waals surface area contributed by atoms with Gasteiger partial charge in [-0.05, 0) is 27.7 Å². The highest BCUT2D eigenvalue weighted by molar-refractivity contribution is 8.00. The highest BCUT2D eigenvalue weighted by Gasteiger charge is 2.57. The van der Waals surface area contributed by atoms with Crippen LogP contribution in [-0.2, 0) is 28.6 Å². The fraction of sp³-hybridized carbons (Fsp3) is 0.600. The number of rotatable bonds is 5. The van der Waals surface area contributed by atoms with Crippen LogP contribution in [0.25, 0.3) is 0 Å².